The van der Waals surface area contributed by atoms with E-state index in [-0.39, 0.29) is 11.5 Å². The highest BCUT2D eigenvalue weighted by molar-refractivity contribution is 8.00. The molecule has 1 fully saturated rings. The molecule has 0 bridgehead atoms. The lowest BCUT2D eigenvalue weighted by atomic mass is 9.95. The molecule has 2 aromatic carbocycles. The minimum atomic E-state index is -4.43. The first-order valence-corrected chi connectivity index (χ1v) is 9.82. The van der Waals surface area contributed by atoms with Gasteiger partial charge in [-0.3, -0.25) is 0 Å². The zero-order valence-electron chi connectivity index (χ0n) is 15.3. The zero-order valence-corrected chi connectivity index (χ0v) is 16.1. The van der Waals surface area contributed by atoms with Gasteiger partial charge in [-0.25, -0.2) is 4.79 Å². The number of carbonyl (C=O) groups is 1. The number of halogens is 3. The van der Waals surface area contributed by atoms with Crippen LogP contribution in [0.1, 0.15) is 46.3 Å². The quantitative estimate of drug-likeness (QED) is 0.574. The van der Waals surface area contributed by atoms with Gasteiger partial charge in [-0.1, -0.05) is 19.1 Å². The third-order valence-corrected chi connectivity index (χ3v) is 5.77. The van der Waals surface area contributed by atoms with Gasteiger partial charge in [0.05, 0.1) is 11.1 Å². The van der Waals surface area contributed by atoms with Crippen LogP contribution in [-0.4, -0.2) is 24.2 Å². The van der Waals surface area contributed by atoms with Gasteiger partial charge in [0.1, 0.15) is 0 Å². The van der Waals surface area contributed by atoms with Crippen molar-refractivity contribution in [1.82, 2.24) is 5.32 Å². The van der Waals surface area contributed by atoms with Gasteiger partial charge in [-0.05, 0) is 72.6 Å². The van der Waals surface area contributed by atoms with Crippen LogP contribution in [0.3, 0.4) is 0 Å². The van der Waals surface area contributed by atoms with Crippen LogP contribution in [0, 0.1) is 0 Å². The zero-order chi connectivity index (χ0) is 20.3. The van der Waals surface area contributed by atoms with Crippen molar-refractivity contribution in [3.05, 3.63) is 58.7 Å². The summed E-state index contributed by atoms with van der Waals surface area (Å²) in [6.07, 6.45) is -2.88. The van der Waals surface area contributed by atoms with Gasteiger partial charge in [0.2, 0.25) is 0 Å². The molecule has 0 saturated carbocycles. The Labute approximate surface area is 165 Å². The number of rotatable bonds is 6. The van der Waals surface area contributed by atoms with Crippen LogP contribution >= 0.6 is 11.9 Å². The normalized spacial score (nSPS) is 16.9. The summed E-state index contributed by atoms with van der Waals surface area (Å²) in [5, 5.41) is 12.4. The van der Waals surface area contributed by atoms with Gasteiger partial charge >= 0.3 is 12.1 Å². The highest BCUT2D eigenvalue weighted by atomic mass is 32.2. The third-order valence-electron chi connectivity index (χ3n) is 4.85. The monoisotopic (exact) mass is 410 g/mol. The second-order valence-corrected chi connectivity index (χ2v) is 7.52. The largest absolute Gasteiger partial charge is 0.478 e. The summed E-state index contributed by atoms with van der Waals surface area (Å²) in [5.41, 5.74) is 1.61. The van der Waals surface area contributed by atoms with Crippen molar-refractivity contribution in [3.8, 4) is 0 Å². The molecule has 0 aliphatic carbocycles. The molecule has 1 saturated heterocycles. The number of aryl methyl sites for hydroxylation is 1. The Kier molecular flexibility index (Phi) is 6.20. The minimum Gasteiger partial charge on any atom is -0.478 e. The molecule has 1 aliphatic rings. The van der Waals surface area contributed by atoms with Gasteiger partial charge in [-0.15, -0.1) is 0 Å². The lowest BCUT2D eigenvalue weighted by molar-refractivity contribution is -0.137. The van der Waals surface area contributed by atoms with Crippen LogP contribution in [0.25, 0.3) is 0 Å². The first-order chi connectivity index (χ1) is 13.3. The van der Waals surface area contributed by atoms with Crippen molar-refractivity contribution in [2.75, 3.05) is 17.8 Å². The average molecular weight is 410 g/mol. The molecule has 4 nitrogen and oxygen atoms in total. The standard InChI is InChI=1S/C20H21F3N2O2S/c1-2-12-3-4-13(19(26)27)9-18(12)28-25-17-10-15(20(21,22)23)5-6-16(17)14-7-8-24-11-14/h3-6,9-10,14,24-25H,2,7-8,11H2,1H3,(H,26,27). The average Bonchev–Trinajstić information content (AvgIpc) is 3.19. The van der Waals surface area contributed by atoms with Crippen LogP contribution in [0.15, 0.2) is 41.3 Å². The smallest absolute Gasteiger partial charge is 0.416 e. The fourth-order valence-electron chi connectivity index (χ4n) is 3.28. The van der Waals surface area contributed by atoms with E-state index >= 15 is 0 Å². The first-order valence-electron chi connectivity index (χ1n) is 9.00. The summed E-state index contributed by atoms with van der Waals surface area (Å²) in [7, 11) is 0. The molecule has 0 spiro atoms. The van der Waals surface area contributed by atoms with Crippen molar-refractivity contribution >= 4 is 23.6 Å². The van der Waals surface area contributed by atoms with E-state index < -0.39 is 17.7 Å². The van der Waals surface area contributed by atoms with Gasteiger partial charge in [0.25, 0.3) is 0 Å². The Balaban J connectivity index is 1.92. The number of carboxylic acids is 1. The van der Waals surface area contributed by atoms with Gasteiger partial charge in [0.15, 0.2) is 0 Å². The molecule has 3 N–H and O–H groups in total. The predicted octanol–water partition coefficient (Wildman–Crippen LogP) is 5.16. The van der Waals surface area contributed by atoms with Crippen LogP contribution in [0.2, 0.25) is 0 Å². The SMILES string of the molecule is CCc1ccc(C(=O)O)cc1SNc1cc(C(F)(F)F)ccc1C1CCNC1. The minimum absolute atomic E-state index is 0.140. The maximum Gasteiger partial charge on any atom is 0.416 e. The van der Waals surface area contributed by atoms with Crippen molar-refractivity contribution in [3.63, 3.8) is 0 Å². The predicted molar refractivity (Wildman–Crippen MR) is 104 cm³/mol. The van der Waals surface area contributed by atoms with E-state index in [1.807, 2.05) is 6.92 Å². The topological polar surface area (TPSA) is 61.4 Å². The van der Waals surface area contributed by atoms with Gasteiger partial charge in [-0.2, -0.15) is 13.2 Å². The van der Waals surface area contributed by atoms with Crippen LogP contribution in [0.5, 0.6) is 0 Å². The Morgan fingerprint density at radius 3 is 2.68 bits per heavy atom. The van der Waals surface area contributed by atoms with Crippen molar-refractivity contribution in [2.45, 2.75) is 36.8 Å². The molecular formula is C20H21F3N2O2S. The Morgan fingerprint density at radius 1 is 1.29 bits per heavy atom. The van der Waals surface area contributed by atoms with Gasteiger partial charge in [0, 0.05) is 17.1 Å². The van der Waals surface area contributed by atoms with E-state index in [0.29, 0.717) is 17.0 Å². The Bertz CT molecular complexity index is 865. The highest BCUT2D eigenvalue weighted by Crippen LogP contribution is 2.38. The third kappa shape index (κ3) is 4.62. The molecular weight excluding hydrogens is 389 g/mol. The van der Waals surface area contributed by atoms with Crippen molar-refractivity contribution in [1.29, 1.82) is 0 Å². The molecule has 0 amide bonds. The van der Waals surface area contributed by atoms with Crippen LogP contribution < -0.4 is 10.0 Å². The van der Waals surface area contributed by atoms with Gasteiger partial charge < -0.3 is 15.1 Å². The number of aromatic carboxylic acids is 1. The lowest BCUT2D eigenvalue weighted by Gasteiger charge is -2.19. The molecule has 1 heterocycles. The second-order valence-electron chi connectivity index (χ2n) is 6.67. The summed E-state index contributed by atoms with van der Waals surface area (Å²) in [5.74, 6) is -0.900. The van der Waals surface area contributed by atoms with Crippen LogP contribution in [0.4, 0.5) is 18.9 Å². The number of alkyl halides is 3. The van der Waals surface area contributed by atoms with Crippen molar-refractivity contribution in [2.24, 2.45) is 0 Å². The number of anilines is 1. The van der Waals surface area contributed by atoms with E-state index in [4.69, 9.17) is 0 Å². The number of nitrogens with one attached hydrogen (secondary N) is 2. The number of carboxylic acid groups (broad SMARTS) is 1. The van der Waals surface area contributed by atoms with E-state index in [1.165, 1.54) is 12.1 Å². The van der Waals surface area contributed by atoms with E-state index in [0.717, 1.165) is 54.7 Å². The summed E-state index contributed by atoms with van der Waals surface area (Å²) in [6.45, 7) is 3.50. The second kappa shape index (κ2) is 8.45. The molecule has 1 unspecified atom stereocenters. The molecule has 1 atom stereocenters. The maximum atomic E-state index is 13.2. The highest BCUT2D eigenvalue weighted by Gasteiger charge is 2.32. The molecule has 8 heteroatoms. The van der Waals surface area contributed by atoms with Crippen molar-refractivity contribution < 1.29 is 23.1 Å². The first kappa shape index (κ1) is 20.5. The lowest BCUT2D eigenvalue weighted by Crippen LogP contribution is -2.11. The summed E-state index contributed by atoms with van der Waals surface area (Å²) in [4.78, 5) is 11.9. The molecule has 150 valence electrons. The Hall–Kier alpha value is -2.19. The maximum absolute atomic E-state index is 13.2. The molecule has 0 aromatic heterocycles. The molecule has 0 radical (unpaired) electrons. The van der Waals surface area contributed by atoms with E-state index in [1.54, 1.807) is 12.1 Å². The fourth-order valence-corrected chi connectivity index (χ4v) is 4.21. The summed E-state index contributed by atoms with van der Waals surface area (Å²) < 4.78 is 42.6. The number of hydrogen-bond donors (Lipinski definition) is 3. The summed E-state index contributed by atoms with van der Waals surface area (Å²) >= 11 is 1.15. The fraction of sp³-hybridized carbons (Fsp3) is 0.350. The summed E-state index contributed by atoms with van der Waals surface area (Å²) in [6, 6.07) is 8.60. The molecule has 28 heavy (non-hydrogen) atoms. The van der Waals surface area contributed by atoms with E-state index in [2.05, 4.69) is 10.0 Å². The Morgan fingerprint density at radius 2 is 2.07 bits per heavy atom. The molecule has 2 aromatic rings. The van der Waals surface area contributed by atoms with Crippen LogP contribution in [-0.2, 0) is 12.6 Å². The number of benzene rings is 2. The molecule has 1 aliphatic heterocycles. The number of hydrogen-bond acceptors (Lipinski definition) is 4. The van der Waals surface area contributed by atoms with E-state index in [9.17, 15) is 23.1 Å². The molecule has 3 rings (SSSR count).